The van der Waals surface area contributed by atoms with Crippen molar-refractivity contribution in [3.8, 4) is 0 Å². The molecule has 0 aliphatic carbocycles. The van der Waals surface area contributed by atoms with E-state index in [2.05, 4.69) is 10.6 Å². The standard InChI is InChI=1S/C13H17ClN2O3S/c14-11-1-3-12(4-2-11)20(18,19)8-7-16-13(17)10-5-6-15-9-10/h1-4,10,15H,5-9H2,(H,16,17). The van der Waals surface area contributed by atoms with Gasteiger partial charge in [-0.25, -0.2) is 8.42 Å². The first-order valence-electron chi connectivity index (χ1n) is 6.46. The normalized spacial score (nSPS) is 18.9. The second kappa shape index (κ2) is 6.56. The van der Waals surface area contributed by atoms with Crippen LogP contribution in [0.1, 0.15) is 6.42 Å². The molecule has 1 aromatic rings. The van der Waals surface area contributed by atoms with Crippen LogP contribution < -0.4 is 10.6 Å². The van der Waals surface area contributed by atoms with Crippen LogP contribution in [0.15, 0.2) is 29.2 Å². The van der Waals surface area contributed by atoms with Gasteiger partial charge in [0.15, 0.2) is 9.84 Å². The third kappa shape index (κ3) is 3.94. The number of carbonyl (C=O) groups is 1. The molecule has 1 aliphatic rings. The van der Waals surface area contributed by atoms with Crippen LogP contribution in [0.3, 0.4) is 0 Å². The zero-order chi connectivity index (χ0) is 14.6. The van der Waals surface area contributed by atoms with Gasteiger partial charge >= 0.3 is 0 Å². The summed E-state index contributed by atoms with van der Waals surface area (Å²) in [4.78, 5) is 12.0. The van der Waals surface area contributed by atoms with Crippen LogP contribution >= 0.6 is 11.6 Å². The van der Waals surface area contributed by atoms with Gasteiger partial charge in [-0.3, -0.25) is 4.79 Å². The minimum atomic E-state index is -3.39. The molecule has 2 rings (SSSR count). The van der Waals surface area contributed by atoms with Gasteiger partial charge in [0.05, 0.1) is 16.6 Å². The topological polar surface area (TPSA) is 75.3 Å². The maximum atomic E-state index is 12.0. The maximum Gasteiger partial charge on any atom is 0.224 e. The van der Waals surface area contributed by atoms with Gasteiger partial charge in [0.2, 0.25) is 5.91 Å². The number of nitrogens with one attached hydrogen (secondary N) is 2. The molecule has 1 fully saturated rings. The molecule has 1 heterocycles. The molecule has 0 saturated carbocycles. The first kappa shape index (κ1) is 15.3. The average Bonchev–Trinajstić information content (AvgIpc) is 2.93. The second-order valence-corrected chi connectivity index (χ2v) is 7.30. The Hall–Kier alpha value is -1.11. The number of halogens is 1. The Morgan fingerprint density at radius 1 is 1.35 bits per heavy atom. The summed E-state index contributed by atoms with van der Waals surface area (Å²) in [5.41, 5.74) is 0. The Balaban J connectivity index is 1.86. The number of benzene rings is 1. The number of hydrogen-bond acceptors (Lipinski definition) is 4. The molecule has 1 aromatic carbocycles. The fourth-order valence-electron chi connectivity index (χ4n) is 2.09. The molecule has 2 N–H and O–H groups in total. The summed E-state index contributed by atoms with van der Waals surface area (Å²) in [6, 6.07) is 6.02. The van der Waals surface area contributed by atoms with Crippen LogP contribution in [0.4, 0.5) is 0 Å². The lowest BCUT2D eigenvalue weighted by Gasteiger charge is -2.10. The van der Waals surface area contributed by atoms with Crippen molar-refractivity contribution in [2.24, 2.45) is 5.92 Å². The molecule has 110 valence electrons. The molecule has 0 bridgehead atoms. The van der Waals surface area contributed by atoms with Crippen molar-refractivity contribution in [1.29, 1.82) is 0 Å². The Morgan fingerprint density at radius 3 is 2.65 bits per heavy atom. The Labute approximate surface area is 123 Å². The molecule has 0 radical (unpaired) electrons. The fraction of sp³-hybridized carbons (Fsp3) is 0.462. The third-order valence-electron chi connectivity index (χ3n) is 3.27. The molecule has 1 saturated heterocycles. The molecule has 1 atom stereocenters. The van der Waals surface area contributed by atoms with Crippen molar-refractivity contribution in [1.82, 2.24) is 10.6 Å². The minimum Gasteiger partial charge on any atom is -0.355 e. The summed E-state index contributed by atoms with van der Waals surface area (Å²) in [6.45, 7) is 1.62. The van der Waals surface area contributed by atoms with Gasteiger partial charge in [-0.1, -0.05) is 11.6 Å². The summed E-state index contributed by atoms with van der Waals surface area (Å²) in [5, 5.41) is 6.27. The van der Waals surface area contributed by atoms with Crippen LogP contribution in [0, 0.1) is 5.92 Å². The van der Waals surface area contributed by atoms with E-state index in [9.17, 15) is 13.2 Å². The van der Waals surface area contributed by atoms with Crippen molar-refractivity contribution >= 4 is 27.3 Å². The summed E-state index contributed by atoms with van der Waals surface area (Å²) in [7, 11) is -3.39. The van der Waals surface area contributed by atoms with Crippen molar-refractivity contribution < 1.29 is 13.2 Å². The van der Waals surface area contributed by atoms with E-state index in [0.29, 0.717) is 11.6 Å². The summed E-state index contributed by atoms with van der Waals surface area (Å²) in [6.07, 6.45) is 0.801. The van der Waals surface area contributed by atoms with Crippen molar-refractivity contribution in [3.63, 3.8) is 0 Å². The number of sulfone groups is 1. The van der Waals surface area contributed by atoms with Crippen molar-refractivity contribution in [2.75, 3.05) is 25.4 Å². The highest BCUT2D eigenvalue weighted by Crippen LogP contribution is 2.15. The highest BCUT2D eigenvalue weighted by Gasteiger charge is 2.22. The van der Waals surface area contributed by atoms with Gasteiger partial charge in [-0.2, -0.15) is 0 Å². The Bertz CT molecular complexity index is 566. The number of carbonyl (C=O) groups excluding carboxylic acids is 1. The SMILES string of the molecule is O=C(NCCS(=O)(=O)c1ccc(Cl)cc1)C1CCNC1. The van der Waals surface area contributed by atoms with Crippen LogP contribution in [0.2, 0.25) is 5.02 Å². The molecule has 0 aromatic heterocycles. The molecule has 7 heteroatoms. The maximum absolute atomic E-state index is 12.0. The molecule has 1 amide bonds. The summed E-state index contributed by atoms with van der Waals surface area (Å²) in [5.74, 6) is -0.241. The lowest BCUT2D eigenvalue weighted by atomic mass is 10.1. The zero-order valence-corrected chi connectivity index (χ0v) is 12.5. The van der Waals surface area contributed by atoms with Crippen LogP contribution in [-0.4, -0.2) is 39.7 Å². The van der Waals surface area contributed by atoms with Crippen molar-refractivity contribution in [2.45, 2.75) is 11.3 Å². The predicted molar refractivity (Wildman–Crippen MR) is 77.5 cm³/mol. The zero-order valence-electron chi connectivity index (χ0n) is 10.9. The van der Waals surface area contributed by atoms with Gasteiger partial charge in [0.1, 0.15) is 0 Å². The number of hydrogen-bond donors (Lipinski definition) is 2. The first-order chi connectivity index (χ1) is 9.49. The molecule has 1 aliphatic heterocycles. The third-order valence-corrected chi connectivity index (χ3v) is 5.26. The van der Waals surface area contributed by atoms with E-state index in [-0.39, 0.29) is 29.0 Å². The summed E-state index contributed by atoms with van der Waals surface area (Å²) < 4.78 is 24.1. The molecule has 0 spiro atoms. The van der Waals surface area contributed by atoms with Gasteiger partial charge in [0, 0.05) is 18.1 Å². The minimum absolute atomic E-state index is 0.0479. The smallest absolute Gasteiger partial charge is 0.224 e. The number of rotatable bonds is 5. The molecule has 1 unspecified atom stereocenters. The van der Waals surface area contributed by atoms with E-state index < -0.39 is 9.84 Å². The summed E-state index contributed by atoms with van der Waals surface area (Å²) >= 11 is 5.72. The average molecular weight is 317 g/mol. The molecule has 20 heavy (non-hydrogen) atoms. The largest absolute Gasteiger partial charge is 0.355 e. The number of amides is 1. The second-order valence-electron chi connectivity index (χ2n) is 4.75. The van der Waals surface area contributed by atoms with E-state index in [4.69, 9.17) is 11.6 Å². The van der Waals surface area contributed by atoms with E-state index in [1.165, 1.54) is 24.3 Å². The van der Waals surface area contributed by atoms with E-state index in [1.54, 1.807) is 0 Å². The fourth-order valence-corrected chi connectivity index (χ4v) is 3.37. The van der Waals surface area contributed by atoms with Gasteiger partial charge in [-0.15, -0.1) is 0 Å². The van der Waals surface area contributed by atoms with E-state index in [0.717, 1.165) is 13.0 Å². The van der Waals surface area contributed by atoms with E-state index >= 15 is 0 Å². The first-order valence-corrected chi connectivity index (χ1v) is 8.49. The van der Waals surface area contributed by atoms with Gasteiger partial charge in [-0.05, 0) is 37.2 Å². The highest BCUT2D eigenvalue weighted by atomic mass is 35.5. The lowest BCUT2D eigenvalue weighted by molar-refractivity contribution is -0.124. The van der Waals surface area contributed by atoms with Crippen molar-refractivity contribution in [3.05, 3.63) is 29.3 Å². The Morgan fingerprint density at radius 2 is 2.05 bits per heavy atom. The highest BCUT2D eigenvalue weighted by molar-refractivity contribution is 7.91. The molecule has 5 nitrogen and oxygen atoms in total. The van der Waals surface area contributed by atoms with Crippen LogP contribution in [-0.2, 0) is 14.6 Å². The quantitative estimate of drug-likeness (QED) is 0.844. The monoisotopic (exact) mass is 316 g/mol. The van der Waals surface area contributed by atoms with Crippen LogP contribution in [0.5, 0.6) is 0 Å². The van der Waals surface area contributed by atoms with E-state index in [1.807, 2.05) is 0 Å². The molecular weight excluding hydrogens is 300 g/mol. The lowest BCUT2D eigenvalue weighted by Crippen LogP contribution is -2.35. The Kier molecular flexibility index (Phi) is 5.01. The van der Waals surface area contributed by atoms with Crippen LogP contribution in [0.25, 0.3) is 0 Å². The predicted octanol–water partition coefficient (Wildman–Crippen LogP) is 0.839. The molecular formula is C13H17ClN2O3S. The van der Waals surface area contributed by atoms with Gasteiger partial charge in [0.25, 0.3) is 0 Å². The van der Waals surface area contributed by atoms with Gasteiger partial charge < -0.3 is 10.6 Å².